The highest BCUT2D eigenvalue weighted by Gasteiger charge is 2.14. The van der Waals surface area contributed by atoms with Crippen molar-refractivity contribution in [2.24, 2.45) is 0 Å². The van der Waals surface area contributed by atoms with Crippen LogP contribution in [0.5, 0.6) is 5.75 Å². The van der Waals surface area contributed by atoms with E-state index in [1.807, 2.05) is 0 Å². The summed E-state index contributed by atoms with van der Waals surface area (Å²) in [6.45, 7) is 0. The van der Waals surface area contributed by atoms with Gasteiger partial charge in [-0.05, 0) is 0 Å². The molecule has 0 atom stereocenters. The smallest absolute Gasteiger partial charge is 0.288 e. The number of halogens is 3. The minimum absolute atomic E-state index is 0.487. The molecule has 1 heterocycles. The fraction of sp³-hybridized carbons (Fsp3) is 0.286. The third-order valence-corrected chi connectivity index (χ3v) is 1.42. The summed E-state index contributed by atoms with van der Waals surface area (Å²) in [6, 6.07) is 0.751. The molecule has 1 aromatic rings. The maximum atomic E-state index is 12.7. The molecule has 0 aliphatic carbocycles. The van der Waals surface area contributed by atoms with Crippen molar-refractivity contribution in [3.63, 3.8) is 0 Å². The van der Waals surface area contributed by atoms with Crippen molar-refractivity contribution in [1.82, 2.24) is 4.98 Å². The van der Waals surface area contributed by atoms with Crippen LogP contribution in [0.1, 0.15) is 12.1 Å². The summed E-state index contributed by atoms with van der Waals surface area (Å²) in [7, 11) is 1.09. The van der Waals surface area contributed by atoms with E-state index in [0.29, 0.717) is 0 Å². The molecule has 0 bridgehead atoms. The van der Waals surface area contributed by atoms with Crippen molar-refractivity contribution < 1.29 is 17.9 Å². The van der Waals surface area contributed by atoms with Crippen molar-refractivity contribution in [1.29, 1.82) is 0 Å². The summed E-state index contributed by atoms with van der Waals surface area (Å²) in [5.41, 5.74) is -1.88. The molecule has 0 fully saturated rings. The fourth-order valence-electron chi connectivity index (χ4n) is 0.805. The van der Waals surface area contributed by atoms with Crippen molar-refractivity contribution in [3.8, 4) is 5.75 Å². The number of rotatable bonds is 2. The summed E-state index contributed by atoms with van der Waals surface area (Å²) < 4.78 is 41.2. The summed E-state index contributed by atoms with van der Waals surface area (Å²) in [4.78, 5) is 12.4. The zero-order chi connectivity index (χ0) is 10.0. The van der Waals surface area contributed by atoms with E-state index in [9.17, 15) is 18.0 Å². The Hall–Kier alpha value is -1.46. The molecule has 0 spiro atoms. The lowest BCUT2D eigenvalue weighted by atomic mass is 10.3. The van der Waals surface area contributed by atoms with E-state index in [-0.39, 0.29) is 0 Å². The van der Waals surface area contributed by atoms with Gasteiger partial charge >= 0.3 is 0 Å². The van der Waals surface area contributed by atoms with Crippen LogP contribution in [0.25, 0.3) is 0 Å². The number of alkyl halides is 2. The molecule has 0 amide bonds. The molecule has 0 radical (unpaired) electrons. The Balaban J connectivity index is 3.31. The van der Waals surface area contributed by atoms with Crippen LogP contribution in [0.4, 0.5) is 13.2 Å². The monoisotopic (exact) mass is 193 g/mol. The number of methoxy groups -OCH3 is 1. The number of aromatic amines is 1. The first-order valence-corrected chi connectivity index (χ1v) is 3.31. The maximum Gasteiger partial charge on any atom is 0.288 e. The van der Waals surface area contributed by atoms with Gasteiger partial charge in [-0.3, -0.25) is 4.79 Å². The van der Waals surface area contributed by atoms with Gasteiger partial charge in [0.25, 0.3) is 12.0 Å². The molecule has 72 valence electrons. The molecular weight excluding hydrogens is 187 g/mol. The van der Waals surface area contributed by atoms with Crippen molar-refractivity contribution in [2.45, 2.75) is 6.43 Å². The Bertz CT molecular complexity index is 361. The third-order valence-electron chi connectivity index (χ3n) is 1.42. The number of aromatic nitrogens is 1. The molecule has 6 heteroatoms. The van der Waals surface area contributed by atoms with Crippen LogP contribution in [0, 0.1) is 5.82 Å². The molecule has 1 rings (SSSR count). The molecular formula is C7H6F3NO2. The minimum Gasteiger partial charge on any atom is -0.493 e. The van der Waals surface area contributed by atoms with Crippen LogP contribution >= 0.6 is 0 Å². The van der Waals surface area contributed by atoms with Gasteiger partial charge in [0, 0.05) is 6.07 Å². The predicted octanol–water partition coefficient (Wildman–Crippen LogP) is 1.46. The Morgan fingerprint density at radius 2 is 2.15 bits per heavy atom. The minimum atomic E-state index is -2.86. The number of nitrogens with one attached hydrogen (secondary N) is 1. The Kier molecular flexibility index (Phi) is 2.60. The molecule has 0 aromatic carbocycles. The lowest BCUT2D eigenvalue weighted by Crippen LogP contribution is -2.14. The van der Waals surface area contributed by atoms with Crippen molar-refractivity contribution >= 4 is 0 Å². The molecule has 0 unspecified atom stereocenters. The van der Waals surface area contributed by atoms with Gasteiger partial charge in [0.1, 0.15) is 0 Å². The Labute approximate surface area is 71.2 Å². The lowest BCUT2D eigenvalue weighted by Gasteiger charge is -2.03. The zero-order valence-electron chi connectivity index (χ0n) is 6.61. The quantitative estimate of drug-likeness (QED) is 0.772. The Morgan fingerprint density at radius 1 is 1.54 bits per heavy atom. The second-order valence-electron chi connectivity index (χ2n) is 2.24. The first-order valence-electron chi connectivity index (χ1n) is 3.31. The van der Waals surface area contributed by atoms with Gasteiger partial charge in [-0.2, -0.15) is 4.39 Å². The number of hydrogen-bond acceptors (Lipinski definition) is 2. The van der Waals surface area contributed by atoms with Gasteiger partial charge in [-0.1, -0.05) is 0 Å². The SMILES string of the molecule is COc1cc(C(F)F)[nH]c(=O)c1F. The van der Waals surface area contributed by atoms with E-state index in [0.717, 1.165) is 13.2 Å². The maximum absolute atomic E-state index is 12.7. The van der Waals surface area contributed by atoms with E-state index in [4.69, 9.17) is 0 Å². The predicted molar refractivity (Wildman–Crippen MR) is 38.5 cm³/mol. The van der Waals surface area contributed by atoms with Crippen molar-refractivity contribution in [2.75, 3.05) is 7.11 Å². The van der Waals surface area contributed by atoms with Crippen LogP contribution in [0.15, 0.2) is 10.9 Å². The summed E-state index contributed by atoms with van der Waals surface area (Å²) in [5.74, 6) is -1.69. The second kappa shape index (κ2) is 3.51. The first-order chi connectivity index (χ1) is 6.06. The largest absolute Gasteiger partial charge is 0.493 e. The van der Waals surface area contributed by atoms with Crippen LogP contribution in [-0.2, 0) is 0 Å². The van der Waals surface area contributed by atoms with E-state index < -0.39 is 29.2 Å². The fourth-order valence-corrected chi connectivity index (χ4v) is 0.805. The molecule has 0 saturated heterocycles. The average molecular weight is 193 g/mol. The van der Waals surface area contributed by atoms with Crippen LogP contribution in [0.3, 0.4) is 0 Å². The molecule has 3 nitrogen and oxygen atoms in total. The Morgan fingerprint density at radius 3 is 2.62 bits per heavy atom. The van der Waals surface area contributed by atoms with Gasteiger partial charge in [-0.15, -0.1) is 0 Å². The highest BCUT2D eigenvalue weighted by Crippen LogP contribution is 2.20. The van der Waals surface area contributed by atoms with Crippen molar-refractivity contribution in [3.05, 3.63) is 27.9 Å². The van der Waals surface area contributed by atoms with Gasteiger partial charge in [0.05, 0.1) is 12.8 Å². The third kappa shape index (κ3) is 1.82. The molecule has 0 saturated carbocycles. The van der Waals surface area contributed by atoms with E-state index in [1.54, 1.807) is 4.98 Å². The zero-order valence-corrected chi connectivity index (χ0v) is 6.61. The highest BCUT2D eigenvalue weighted by atomic mass is 19.3. The molecule has 1 N–H and O–H groups in total. The number of ether oxygens (including phenoxy) is 1. The van der Waals surface area contributed by atoms with E-state index in [2.05, 4.69) is 4.74 Å². The van der Waals surface area contributed by atoms with Gasteiger partial charge in [-0.25, -0.2) is 8.78 Å². The van der Waals surface area contributed by atoms with E-state index in [1.165, 1.54) is 0 Å². The van der Waals surface area contributed by atoms with Gasteiger partial charge < -0.3 is 9.72 Å². The number of H-pyrrole nitrogens is 1. The summed E-state index contributed by atoms with van der Waals surface area (Å²) >= 11 is 0. The number of pyridine rings is 1. The molecule has 13 heavy (non-hydrogen) atoms. The summed E-state index contributed by atoms with van der Waals surface area (Å²) in [5, 5.41) is 0. The second-order valence-corrected chi connectivity index (χ2v) is 2.24. The first kappa shape index (κ1) is 9.63. The van der Waals surface area contributed by atoms with Crippen LogP contribution < -0.4 is 10.3 Å². The standard InChI is InChI=1S/C7H6F3NO2/c1-13-4-2-3(6(9)10)11-7(12)5(4)8/h2,6H,1H3,(H,11,12). The molecule has 1 aromatic heterocycles. The number of hydrogen-bond donors (Lipinski definition) is 1. The lowest BCUT2D eigenvalue weighted by molar-refractivity contribution is 0.145. The van der Waals surface area contributed by atoms with Gasteiger partial charge in [0.15, 0.2) is 5.75 Å². The average Bonchev–Trinajstić information content (AvgIpc) is 2.09. The molecule has 0 aliphatic rings. The molecule has 0 aliphatic heterocycles. The topological polar surface area (TPSA) is 42.1 Å². The van der Waals surface area contributed by atoms with Crippen LogP contribution in [-0.4, -0.2) is 12.1 Å². The van der Waals surface area contributed by atoms with Gasteiger partial charge in [0.2, 0.25) is 5.82 Å². The highest BCUT2D eigenvalue weighted by molar-refractivity contribution is 5.25. The normalized spacial score (nSPS) is 10.5. The van der Waals surface area contributed by atoms with Crippen LogP contribution in [0.2, 0.25) is 0 Å². The van der Waals surface area contributed by atoms with E-state index >= 15 is 0 Å². The summed E-state index contributed by atoms with van der Waals surface area (Å²) in [6.07, 6.45) is -2.86.